The van der Waals surface area contributed by atoms with Crippen molar-refractivity contribution in [1.29, 1.82) is 0 Å². The summed E-state index contributed by atoms with van der Waals surface area (Å²) in [6.45, 7) is 3.43. The SMILES string of the molecule is CCNCc1cnn(Cc2ccc(Br)cc2)c1C(F)F. The molecule has 0 aliphatic heterocycles. The first kappa shape index (κ1) is 15.1. The van der Waals surface area contributed by atoms with Gasteiger partial charge < -0.3 is 5.32 Å². The lowest BCUT2D eigenvalue weighted by molar-refractivity contribution is 0.138. The number of rotatable bonds is 6. The summed E-state index contributed by atoms with van der Waals surface area (Å²) in [6, 6.07) is 7.57. The number of hydrogen-bond donors (Lipinski definition) is 1. The maximum atomic E-state index is 13.2. The zero-order valence-corrected chi connectivity index (χ0v) is 12.7. The Morgan fingerprint density at radius 2 is 2.00 bits per heavy atom. The van der Waals surface area contributed by atoms with Crippen LogP contribution in [-0.2, 0) is 13.1 Å². The van der Waals surface area contributed by atoms with E-state index in [1.54, 1.807) is 0 Å². The quantitative estimate of drug-likeness (QED) is 0.865. The molecule has 108 valence electrons. The molecule has 6 heteroatoms. The van der Waals surface area contributed by atoms with E-state index in [2.05, 4.69) is 26.3 Å². The molecule has 0 saturated heterocycles. The van der Waals surface area contributed by atoms with Crippen molar-refractivity contribution in [2.24, 2.45) is 0 Å². The Hall–Kier alpha value is -1.27. The van der Waals surface area contributed by atoms with Crippen molar-refractivity contribution in [2.45, 2.75) is 26.4 Å². The number of halogens is 3. The van der Waals surface area contributed by atoms with E-state index in [4.69, 9.17) is 0 Å². The highest BCUT2D eigenvalue weighted by Gasteiger charge is 2.19. The van der Waals surface area contributed by atoms with Gasteiger partial charge in [0.25, 0.3) is 6.43 Å². The molecule has 0 aliphatic rings. The maximum Gasteiger partial charge on any atom is 0.280 e. The van der Waals surface area contributed by atoms with E-state index in [1.807, 2.05) is 31.2 Å². The molecule has 2 aromatic rings. The zero-order valence-electron chi connectivity index (χ0n) is 11.1. The standard InChI is InChI=1S/C14H16BrF2N3/c1-2-18-7-11-8-19-20(13(11)14(16)17)9-10-3-5-12(15)6-4-10/h3-6,8,14,18H,2,7,9H2,1H3. The molecule has 0 spiro atoms. The van der Waals surface area contributed by atoms with Gasteiger partial charge in [-0.05, 0) is 24.2 Å². The highest BCUT2D eigenvalue weighted by atomic mass is 79.9. The zero-order chi connectivity index (χ0) is 14.5. The predicted octanol–water partition coefficient (Wildman–Crippen LogP) is 3.74. The minimum absolute atomic E-state index is 0.00568. The molecule has 0 saturated carbocycles. The molecule has 0 bridgehead atoms. The molecule has 0 fully saturated rings. The van der Waals surface area contributed by atoms with Crippen LogP contribution in [-0.4, -0.2) is 16.3 Å². The second-order valence-corrected chi connectivity index (χ2v) is 5.34. The Morgan fingerprint density at radius 1 is 1.30 bits per heavy atom. The third kappa shape index (κ3) is 3.64. The van der Waals surface area contributed by atoms with E-state index < -0.39 is 6.43 Å². The topological polar surface area (TPSA) is 29.9 Å². The fourth-order valence-corrected chi connectivity index (χ4v) is 2.24. The van der Waals surface area contributed by atoms with Gasteiger partial charge in [0.05, 0.1) is 12.7 Å². The average Bonchev–Trinajstić information content (AvgIpc) is 2.82. The highest BCUT2D eigenvalue weighted by molar-refractivity contribution is 9.10. The molecule has 0 amide bonds. The molecule has 1 aromatic heterocycles. The van der Waals surface area contributed by atoms with E-state index >= 15 is 0 Å². The molecule has 0 radical (unpaired) electrons. The molecule has 0 aliphatic carbocycles. The highest BCUT2D eigenvalue weighted by Crippen LogP contribution is 2.24. The Bertz CT molecular complexity index is 552. The van der Waals surface area contributed by atoms with Gasteiger partial charge in [0.2, 0.25) is 0 Å². The van der Waals surface area contributed by atoms with Crippen LogP contribution in [0.1, 0.15) is 30.2 Å². The van der Waals surface area contributed by atoms with Crippen molar-refractivity contribution in [3.63, 3.8) is 0 Å². The van der Waals surface area contributed by atoms with Gasteiger partial charge in [-0.3, -0.25) is 4.68 Å². The summed E-state index contributed by atoms with van der Waals surface area (Å²) in [5.74, 6) is 0. The van der Waals surface area contributed by atoms with E-state index in [9.17, 15) is 8.78 Å². The number of nitrogens with zero attached hydrogens (tertiary/aromatic N) is 2. The fraction of sp³-hybridized carbons (Fsp3) is 0.357. The van der Waals surface area contributed by atoms with Crippen molar-refractivity contribution in [1.82, 2.24) is 15.1 Å². The average molecular weight is 344 g/mol. The van der Waals surface area contributed by atoms with E-state index in [-0.39, 0.29) is 5.69 Å². The summed E-state index contributed by atoms with van der Waals surface area (Å²) in [6.07, 6.45) is -1.01. The van der Waals surface area contributed by atoms with E-state index in [0.29, 0.717) is 18.7 Å². The minimum atomic E-state index is -2.53. The Balaban J connectivity index is 2.22. The van der Waals surface area contributed by atoms with Gasteiger partial charge in [0.15, 0.2) is 0 Å². The molecule has 2 rings (SSSR count). The Morgan fingerprint density at radius 3 is 2.60 bits per heavy atom. The van der Waals surface area contributed by atoms with Crippen LogP contribution in [0.2, 0.25) is 0 Å². The van der Waals surface area contributed by atoms with Gasteiger partial charge in [-0.25, -0.2) is 8.78 Å². The van der Waals surface area contributed by atoms with Crippen molar-refractivity contribution < 1.29 is 8.78 Å². The van der Waals surface area contributed by atoms with Crippen LogP contribution in [0.4, 0.5) is 8.78 Å². The summed E-state index contributed by atoms with van der Waals surface area (Å²) in [5.41, 5.74) is 1.49. The molecular weight excluding hydrogens is 328 g/mol. The monoisotopic (exact) mass is 343 g/mol. The minimum Gasteiger partial charge on any atom is -0.313 e. The number of aromatic nitrogens is 2. The lowest BCUT2D eigenvalue weighted by atomic mass is 10.2. The fourth-order valence-electron chi connectivity index (χ4n) is 1.97. The third-order valence-electron chi connectivity index (χ3n) is 2.98. The molecule has 3 nitrogen and oxygen atoms in total. The van der Waals surface area contributed by atoms with Gasteiger partial charge in [0.1, 0.15) is 5.69 Å². The van der Waals surface area contributed by atoms with Crippen LogP contribution in [0.3, 0.4) is 0 Å². The summed E-state index contributed by atoms with van der Waals surface area (Å²) in [4.78, 5) is 0. The van der Waals surface area contributed by atoms with Gasteiger partial charge >= 0.3 is 0 Å². The maximum absolute atomic E-state index is 13.2. The number of alkyl halides is 2. The lowest BCUT2D eigenvalue weighted by Gasteiger charge is -2.09. The van der Waals surface area contributed by atoms with Gasteiger partial charge in [-0.1, -0.05) is 35.0 Å². The number of benzene rings is 1. The molecular formula is C14H16BrF2N3. The van der Waals surface area contributed by atoms with Crippen molar-refractivity contribution in [2.75, 3.05) is 6.54 Å². The predicted molar refractivity (Wildman–Crippen MR) is 77.8 cm³/mol. The molecule has 1 N–H and O–H groups in total. The van der Waals surface area contributed by atoms with Crippen molar-refractivity contribution in [3.8, 4) is 0 Å². The summed E-state index contributed by atoms with van der Waals surface area (Å²) < 4.78 is 28.8. The van der Waals surface area contributed by atoms with Crippen LogP contribution < -0.4 is 5.32 Å². The molecule has 0 unspecified atom stereocenters. The molecule has 1 aromatic carbocycles. The van der Waals surface area contributed by atoms with Crippen LogP contribution in [0, 0.1) is 0 Å². The van der Waals surface area contributed by atoms with Crippen LogP contribution in [0.15, 0.2) is 34.9 Å². The van der Waals surface area contributed by atoms with Crippen molar-refractivity contribution in [3.05, 3.63) is 51.8 Å². The molecule has 0 atom stereocenters. The normalized spacial score (nSPS) is 11.2. The van der Waals surface area contributed by atoms with E-state index in [1.165, 1.54) is 10.9 Å². The van der Waals surface area contributed by atoms with Crippen LogP contribution >= 0.6 is 15.9 Å². The lowest BCUT2D eigenvalue weighted by Crippen LogP contribution is -2.14. The second kappa shape index (κ2) is 6.95. The van der Waals surface area contributed by atoms with Gasteiger partial charge in [-0.2, -0.15) is 5.10 Å². The van der Waals surface area contributed by atoms with Crippen molar-refractivity contribution >= 4 is 15.9 Å². The van der Waals surface area contributed by atoms with E-state index in [0.717, 1.165) is 16.6 Å². The number of hydrogen-bond acceptors (Lipinski definition) is 2. The first-order valence-electron chi connectivity index (χ1n) is 6.39. The third-order valence-corrected chi connectivity index (χ3v) is 3.51. The van der Waals surface area contributed by atoms with Gasteiger partial charge in [-0.15, -0.1) is 0 Å². The van der Waals surface area contributed by atoms with Gasteiger partial charge in [0, 0.05) is 16.6 Å². The Kier molecular flexibility index (Phi) is 5.25. The Labute approximate surface area is 125 Å². The van der Waals surface area contributed by atoms with Crippen LogP contribution in [0.5, 0.6) is 0 Å². The smallest absolute Gasteiger partial charge is 0.280 e. The second-order valence-electron chi connectivity index (χ2n) is 4.42. The largest absolute Gasteiger partial charge is 0.313 e. The number of nitrogens with one attached hydrogen (secondary N) is 1. The summed E-state index contributed by atoms with van der Waals surface area (Å²) >= 11 is 3.35. The molecule has 20 heavy (non-hydrogen) atoms. The summed E-state index contributed by atoms with van der Waals surface area (Å²) in [5, 5.41) is 7.14. The molecule has 1 heterocycles. The summed E-state index contributed by atoms with van der Waals surface area (Å²) in [7, 11) is 0. The first-order valence-corrected chi connectivity index (χ1v) is 7.19. The first-order chi connectivity index (χ1) is 9.61. The van der Waals surface area contributed by atoms with Crippen LogP contribution in [0.25, 0.3) is 0 Å².